The number of thiocarbonyl (C=S) groups is 2. The van der Waals surface area contributed by atoms with Gasteiger partial charge in [0.05, 0.1) is 6.10 Å². The van der Waals surface area contributed by atoms with Gasteiger partial charge in [-0.2, -0.15) is 0 Å². The topological polar surface area (TPSA) is 88.5 Å². The van der Waals surface area contributed by atoms with E-state index in [1.807, 2.05) is 6.92 Å². The van der Waals surface area contributed by atoms with Crippen molar-refractivity contribution in [2.75, 3.05) is 28.2 Å². The molecule has 1 aromatic carbocycles. The molecule has 0 saturated carbocycles. The fraction of sp³-hybridized carbons (Fsp3) is 0.444. The molecule has 0 aliphatic rings. The van der Waals surface area contributed by atoms with Gasteiger partial charge >= 0.3 is 11.9 Å². The summed E-state index contributed by atoms with van der Waals surface area (Å²) in [5.74, 6) is -2.12. The van der Waals surface area contributed by atoms with Crippen molar-refractivity contribution < 1.29 is 28.9 Å². The van der Waals surface area contributed by atoms with Gasteiger partial charge < -0.3 is 29.1 Å². The van der Waals surface area contributed by atoms with Gasteiger partial charge in [0.15, 0.2) is 0 Å². The van der Waals surface area contributed by atoms with Crippen LogP contribution in [-0.2, 0) is 4.74 Å². The maximum Gasteiger partial charge on any atom is 0.342 e. The summed E-state index contributed by atoms with van der Waals surface area (Å²) in [5.41, 5.74) is -0.257. The Morgan fingerprint density at radius 3 is 1.82 bits per heavy atom. The van der Waals surface area contributed by atoms with E-state index in [4.69, 9.17) is 38.6 Å². The first-order valence-electron chi connectivity index (χ1n) is 8.38. The number of aromatic carboxylic acids is 1. The zero-order valence-electron chi connectivity index (χ0n) is 16.6. The Bertz CT molecular complexity index is 780. The number of carbonyl (C=O) groups excluding carboxylic acids is 1. The molecule has 1 unspecified atom stereocenters. The molecule has 1 rings (SSSR count). The van der Waals surface area contributed by atoms with E-state index in [2.05, 4.69) is 0 Å². The van der Waals surface area contributed by atoms with Gasteiger partial charge in [0.1, 0.15) is 22.6 Å². The van der Waals surface area contributed by atoms with E-state index in [1.165, 1.54) is 21.9 Å². The van der Waals surface area contributed by atoms with Gasteiger partial charge in [0, 0.05) is 40.3 Å². The molecule has 0 bridgehead atoms. The summed E-state index contributed by atoms with van der Waals surface area (Å²) in [6.07, 6.45) is 0.270. The van der Waals surface area contributed by atoms with Crippen LogP contribution in [0.2, 0.25) is 0 Å². The van der Waals surface area contributed by atoms with Crippen molar-refractivity contribution >= 4 is 46.7 Å². The molecule has 1 N–H and O–H groups in total. The summed E-state index contributed by atoms with van der Waals surface area (Å²) >= 11 is 10.2. The number of hydrogen-bond donors (Lipinski definition) is 1. The summed E-state index contributed by atoms with van der Waals surface area (Å²) in [6.45, 7) is 3.61. The molecule has 0 aliphatic heterocycles. The number of carboxylic acids is 1. The molecule has 0 saturated heterocycles. The SMILES string of the molecule is CCC(C)OC(=O)c1cc(OC(=S)N(C)C)c(C(=O)O)cc1OC(=S)N(C)C. The maximum absolute atomic E-state index is 12.6. The Morgan fingerprint density at radius 1 is 1.00 bits per heavy atom. The van der Waals surface area contributed by atoms with Crippen LogP contribution in [-0.4, -0.2) is 71.5 Å². The van der Waals surface area contributed by atoms with Crippen molar-refractivity contribution in [1.29, 1.82) is 0 Å². The van der Waals surface area contributed by atoms with Gasteiger partial charge in [-0.1, -0.05) is 6.92 Å². The Kier molecular flexibility index (Phi) is 8.58. The molecule has 28 heavy (non-hydrogen) atoms. The Balaban J connectivity index is 3.51. The molecule has 0 fully saturated rings. The number of rotatable bonds is 6. The average Bonchev–Trinajstić information content (AvgIpc) is 2.61. The summed E-state index contributed by atoms with van der Waals surface area (Å²) in [6, 6.07) is 2.40. The molecule has 0 spiro atoms. The number of ether oxygens (including phenoxy) is 3. The second kappa shape index (κ2) is 10.2. The largest absolute Gasteiger partial charge is 0.478 e. The number of carbonyl (C=O) groups is 2. The van der Waals surface area contributed by atoms with E-state index in [0.29, 0.717) is 6.42 Å². The van der Waals surface area contributed by atoms with Crippen LogP contribution in [0.25, 0.3) is 0 Å². The lowest BCUT2D eigenvalue weighted by Gasteiger charge is -2.20. The van der Waals surface area contributed by atoms with Gasteiger partial charge in [-0.15, -0.1) is 0 Å². The maximum atomic E-state index is 12.6. The smallest absolute Gasteiger partial charge is 0.342 e. The predicted molar refractivity (Wildman–Crippen MR) is 112 cm³/mol. The highest BCUT2D eigenvalue weighted by molar-refractivity contribution is 7.80. The van der Waals surface area contributed by atoms with Crippen molar-refractivity contribution in [3.8, 4) is 11.5 Å². The lowest BCUT2D eigenvalue weighted by Crippen LogP contribution is -2.27. The van der Waals surface area contributed by atoms with Crippen LogP contribution in [0.15, 0.2) is 12.1 Å². The van der Waals surface area contributed by atoms with Crippen LogP contribution >= 0.6 is 24.4 Å². The predicted octanol–water partition coefficient (Wildman–Crippen LogP) is 2.79. The second-order valence-electron chi connectivity index (χ2n) is 6.30. The Morgan fingerprint density at radius 2 is 1.43 bits per heavy atom. The minimum atomic E-state index is -1.28. The summed E-state index contributed by atoms with van der Waals surface area (Å²) in [4.78, 5) is 27.3. The third kappa shape index (κ3) is 6.31. The van der Waals surface area contributed by atoms with E-state index in [0.717, 1.165) is 0 Å². The Hall–Kier alpha value is -2.46. The van der Waals surface area contributed by atoms with Gasteiger partial charge in [-0.25, -0.2) is 9.59 Å². The molecule has 154 valence electrons. The molecule has 0 aliphatic carbocycles. The van der Waals surface area contributed by atoms with Crippen LogP contribution in [0.1, 0.15) is 41.0 Å². The van der Waals surface area contributed by atoms with E-state index in [1.54, 1.807) is 35.1 Å². The highest BCUT2D eigenvalue weighted by Crippen LogP contribution is 2.31. The molecule has 0 amide bonds. The fourth-order valence-corrected chi connectivity index (χ4v) is 1.94. The third-order valence-electron chi connectivity index (χ3n) is 3.54. The molecule has 0 radical (unpaired) electrons. The summed E-state index contributed by atoms with van der Waals surface area (Å²) < 4.78 is 16.4. The van der Waals surface area contributed by atoms with Gasteiger partial charge in [-0.3, -0.25) is 0 Å². The first kappa shape index (κ1) is 23.6. The normalized spacial score (nSPS) is 11.2. The molecular formula is C18H24N2O6S2. The van der Waals surface area contributed by atoms with Crippen LogP contribution in [0, 0.1) is 0 Å². The zero-order valence-corrected chi connectivity index (χ0v) is 18.3. The van der Waals surface area contributed by atoms with E-state index >= 15 is 0 Å². The molecule has 10 heteroatoms. The third-order valence-corrected chi connectivity index (χ3v) is 4.44. The standard InChI is InChI=1S/C18H24N2O6S2/c1-7-10(2)24-16(23)12-9-13(25-17(27)19(3)4)11(15(21)22)8-14(12)26-18(28)20(5)6/h8-10H,7H2,1-6H3,(H,21,22). The number of benzene rings is 1. The quantitative estimate of drug-likeness (QED) is 0.539. The second-order valence-corrected chi connectivity index (χ2v) is 7.00. The fourth-order valence-electron chi connectivity index (χ4n) is 1.76. The van der Waals surface area contributed by atoms with Crippen molar-refractivity contribution in [1.82, 2.24) is 9.80 Å². The number of esters is 1. The first-order valence-corrected chi connectivity index (χ1v) is 9.20. The van der Waals surface area contributed by atoms with E-state index < -0.39 is 11.9 Å². The van der Waals surface area contributed by atoms with Gasteiger partial charge in [0.25, 0.3) is 10.3 Å². The first-order chi connectivity index (χ1) is 13.0. The molecular weight excluding hydrogens is 404 g/mol. The number of hydrogen-bond acceptors (Lipinski definition) is 7. The van der Waals surface area contributed by atoms with E-state index in [9.17, 15) is 14.7 Å². The van der Waals surface area contributed by atoms with Gasteiger partial charge in [-0.05, 0) is 37.8 Å². The Labute approximate surface area is 175 Å². The summed E-state index contributed by atoms with van der Waals surface area (Å²) in [7, 11) is 6.61. The van der Waals surface area contributed by atoms with Crippen LogP contribution in [0.4, 0.5) is 0 Å². The molecule has 0 aromatic heterocycles. The summed E-state index contributed by atoms with van der Waals surface area (Å²) in [5, 5.41) is 9.62. The van der Waals surface area contributed by atoms with Crippen LogP contribution < -0.4 is 9.47 Å². The molecule has 8 nitrogen and oxygen atoms in total. The number of carboxylic acid groups (broad SMARTS) is 1. The van der Waals surface area contributed by atoms with Crippen molar-refractivity contribution in [3.63, 3.8) is 0 Å². The average molecular weight is 429 g/mol. The number of nitrogens with zero attached hydrogens (tertiary/aromatic N) is 2. The zero-order chi connectivity index (χ0) is 21.6. The van der Waals surface area contributed by atoms with E-state index in [-0.39, 0.29) is 39.1 Å². The van der Waals surface area contributed by atoms with Crippen LogP contribution in [0.5, 0.6) is 11.5 Å². The molecule has 1 aromatic rings. The molecule has 0 heterocycles. The minimum Gasteiger partial charge on any atom is -0.478 e. The van der Waals surface area contributed by atoms with Gasteiger partial charge in [0.2, 0.25) is 0 Å². The monoisotopic (exact) mass is 428 g/mol. The minimum absolute atomic E-state index is 0.0222. The lowest BCUT2D eigenvalue weighted by atomic mass is 10.1. The highest BCUT2D eigenvalue weighted by atomic mass is 32.1. The lowest BCUT2D eigenvalue weighted by molar-refractivity contribution is 0.0331. The molecule has 1 atom stereocenters. The highest BCUT2D eigenvalue weighted by Gasteiger charge is 2.25. The van der Waals surface area contributed by atoms with Crippen molar-refractivity contribution in [2.45, 2.75) is 26.4 Å². The van der Waals surface area contributed by atoms with Crippen molar-refractivity contribution in [3.05, 3.63) is 23.3 Å². The van der Waals surface area contributed by atoms with Crippen LogP contribution in [0.3, 0.4) is 0 Å². The van der Waals surface area contributed by atoms with Crippen molar-refractivity contribution in [2.24, 2.45) is 0 Å².